The molecule has 1 aliphatic carbocycles. The SMILES string of the molecule is O=C(NCCC(O)C(O)c1cc(C(F)(F)F)c[nH]c1=O)OCC1c2ccccc2-c2ccccc21. The van der Waals surface area contributed by atoms with E-state index >= 15 is 0 Å². The van der Waals surface area contributed by atoms with Gasteiger partial charge in [0.1, 0.15) is 12.7 Å². The highest BCUT2D eigenvalue weighted by Crippen LogP contribution is 2.44. The van der Waals surface area contributed by atoms with Crippen LogP contribution in [0.2, 0.25) is 0 Å². The molecular formula is C25H23F3N2O5. The Balaban J connectivity index is 1.31. The second-order valence-electron chi connectivity index (χ2n) is 8.22. The zero-order chi connectivity index (χ0) is 25.2. The van der Waals surface area contributed by atoms with Crippen molar-refractivity contribution in [2.45, 2.75) is 30.7 Å². The van der Waals surface area contributed by atoms with Gasteiger partial charge in [-0.25, -0.2) is 4.79 Å². The average Bonchev–Trinajstić information content (AvgIpc) is 3.15. The number of aliphatic hydroxyl groups excluding tert-OH is 2. The molecule has 1 aromatic heterocycles. The van der Waals surface area contributed by atoms with Crippen molar-refractivity contribution < 1.29 is 32.9 Å². The number of hydrogen-bond donors (Lipinski definition) is 4. The zero-order valence-corrected chi connectivity index (χ0v) is 18.4. The molecule has 0 saturated carbocycles. The molecule has 2 aromatic carbocycles. The number of rotatable bonds is 7. The summed E-state index contributed by atoms with van der Waals surface area (Å²) in [6, 6.07) is 16.2. The van der Waals surface area contributed by atoms with Gasteiger partial charge in [-0.15, -0.1) is 0 Å². The highest BCUT2D eigenvalue weighted by atomic mass is 19.4. The molecule has 1 heterocycles. The summed E-state index contributed by atoms with van der Waals surface area (Å²) in [5.74, 6) is -0.131. The van der Waals surface area contributed by atoms with Gasteiger partial charge in [-0.2, -0.15) is 13.2 Å². The Morgan fingerprint density at radius 2 is 1.66 bits per heavy atom. The van der Waals surface area contributed by atoms with Crippen molar-refractivity contribution in [1.29, 1.82) is 0 Å². The molecular weight excluding hydrogens is 465 g/mol. The summed E-state index contributed by atoms with van der Waals surface area (Å²) < 4.78 is 44.0. The predicted octanol–water partition coefficient (Wildman–Crippen LogP) is 3.72. The molecule has 10 heteroatoms. The van der Waals surface area contributed by atoms with E-state index in [1.807, 2.05) is 53.5 Å². The third-order valence-corrected chi connectivity index (χ3v) is 6.00. The van der Waals surface area contributed by atoms with Crippen LogP contribution in [0.1, 0.15) is 40.7 Å². The van der Waals surface area contributed by atoms with Gasteiger partial charge in [0.25, 0.3) is 5.56 Å². The van der Waals surface area contributed by atoms with E-state index in [-0.39, 0.29) is 25.5 Å². The Hall–Kier alpha value is -3.63. The van der Waals surface area contributed by atoms with Gasteiger partial charge >= 0.3 is 12.3 Å². The minimum atomic E-state index is -4.73. The maximum Gasteiger partial charge on any atom is 0.417 e. The van der Waals surface area contributed by atoms with Crippen molar-refractivity contribution in [3.05, 3.63) is 93.4 Å². The normalized spacial score (nSPS) is 14.7. The molecule has 184 valence electrons. The van der Waals surface area contributed by atoms with Gasteiger partial charge in [0.15, 0.2) is 0 Å². The van der Waals surface area contributed by atoms with Crippen LogP contribution < -0.4 is 10.9 Å². The molecule has 0 aliphatic heterocycles. The molecule has 7 nitrogen and oxygen atoms in total. The number of aromatic nitrogens is 1. The fourth-order valence-corrected chi connectivity index (χ4v) is 4.22. The smallest absolute Gasteiger partial charge is 0.417 e. The van der Waals surface area contributed by atoms with Gasteiger partial charge in [0, 0.05) is 24.2 Å². The van der Waals surface area contributed by atoms with Gasteiger partial charge in [-0.3, -0.25) is 4.79 Å². The minimum Gasteiger partial charge on any atom is -0.449 e. The number of carbonyl (C=O) groups is 1. The summed E-state index contributed by atoms with van der Waals surface area (Å²) in [6.45, 7) is -0.0452. The Labute approximate surface area is 198 Å². The molecule has 2 unspecified atom stereocenters. The molecule has 0 bridgehead atoms. The second-order valence-corrected chi connectivity index (χ2v) is 8.22. The lowest BCUT2D eigenvalue weighted by Crippen LogP contribution is -2.32. The van der Waals surface area contributed by atoms with Crippen LogP contribution in [0.3, 0.4) is 0 Å². The van der Waals surface area contributed by atoms with E-state index in [2.05, 4.69) is 5.32 Å². The van der Waals surface area contributed by atoms with E-state index in [9.17, 15) is 33.0 Å². The maximum atomic E-state index is 12.9. The fourth-order valence-electron chi connectivity index (χ4n) is 4.22. The van der Waals surface area contributed by atoms with Crippen LogP contribution in [0.5, 0.6) is 0 Å². The van der Waals surface area contributed by atoms with E-state index in [1.165, 1.54) is 0 Å². The number of amides is 1. The molecule has 0 radical (unpaired) electrons. The summed E-state index contributed by atoms with van der Waals surface area (Å²) in [5, 5.41) is 22.8. The van der Waals surface area contributed by atoms with Crippen molar-refractivity contribution in [3.63, 3.8) is 0 Å². The van der Waals surface area contributed by atoms with Crippen LogP contribution in [-0.4, -0.2) is 40.5 Å². The number of fused-ring (bicyclic) bond motifs is 3. The average molecular weight is 488 g/mol. The molecule has 4 rings (SSSR count). The van der Waals surface area contributed by atoms with Crippen LogP contribution in [0.4, 0.5) is 18.0 Å². The number of halogens is 3. The van der Waals surface area contributed by atoms with E-state index in [0.717, 1.165) is 22.3 Å². The third kappa shape index (κ3) is 5.23. The lowest BCUT2D eigenvalue weighted by Gasteiger charge is -2.19. The topological polar surface area (TPSA) is 112 Å². The lowest BCUT2D eigenvalue weighted by molar-refractivity contribution is -0.138. The summed E-state index contributed by atoms with van der Waals surface area (Å²) in [4.78, 5) is 25.9. The number of benzene rings is 2. The highest BCUT2D eigenvalue weighted by Gasteiger charge is 2.33. The first-order valence-corrected chi connectivity index (χ1v) is 10.9. The highest BCUT2D eigenvalue weighted by molar-refractivity contribution is 5.79. The first-order valence-electron chi connectivity index (χ1n) is 10.9. The number of nitrogens with one attached hydrogen (secondary N) is 2. The van der Waals surface area contributed by atoms with E-state index < -0.39 is 41.2 Å². The molecule has 1 amide bonds. The van der Waals surface area contributed by atoms with Crippen LogP contribution >= 0.6 is 0 Å². The monoisotopic (exact) mass is 488 g/mol. The number of ether oxygens (including phenoxy) is 1. The Morgan fingerprint density at radius 3 is 2.26 bits per heavy atom. The first-order chi connectivity index (χ1) is 16.7. The minimum absolute atomic E-state index is 0.0879. The molecule has 3 aromatic rings. The fraction of sp³-hybridized carbons (Fsp3) is 0.280. The molecule has 0 saturated heterocycles. The van der Waals surface area contributed by atoms with Gasteiger partial charge in [0.2, 0.25) is 0 Å². The number of aliphatic hydroxyl groups is 2. The van der Waals surface area contributed by atoms with Crippen molar-refractivity contribution in [3.8, 4) is 11.1 Å². The molecule has 0 fully saturated rings. The van der Waals surface area contributed by atoms with Crippen LogP contribution in [0, 0.1) is 0 Å². The number of alkyl carbamates (subject to hydrolysis) is 1. The number of hydrogen-bond acceptors (Lipinski definition) is 5. The van der Waals surface area contributed by atoms with Crippen molar-refractivity contribution >= 4 is 6.09 Å². The lowest BCUT2D eigenvalue weighted by atomic mass is 9.98. The van der Waals surface area contributed by atoms with Crippen LogP contribution in [0.15, 0.2) is 65.6 Å². The standard InChI is InChI=1S/C25H23F3N2O5/c26-25(27,28)14-11-19(23(33)30-12-14)22(32)21(31)9-10-29-24(34)35-13-20-17-7-3-1-5-15(17)16-6-2-4-8-18(16)20/h1-8,11-12,20-22,31-32H,9-10,13H2,(H,29,34)(H,30,33). The summed E-state index contributed by atoms with van der Waals surface area (Å²) in [5.41, 5.74) is 1.54. The number of carbonyl (C=O) groups excluding carboxylic acids is 1. The Bertz CT molecular complexity index is 1230. The van der Waals surface area contributed by atoms with Crippen molar-refractivity contribution in [2.75, 3.05) is 13.2 Å². The number of alkyl halides is 3. The van der Waals surface area contributed by atoms with Gasteiger partial charge in [0.05, 0.1) is 11.7 Å². The zero-order valence-electron chi connectivity index (χ0n) is 18.4. The molecule has 4 N–H and O–H groups in total. The number of H-pyrrole nitrogens is 1. The molecule has 35 heavy (non-hydrogen) atoms. The second kappa shape index (κ2) is 9.93. The van der Waals surface area contributed by atoms with E-state index in [0.29, 0.717) is 12.3 Å². The van der Waals surface area contributed by atoms with E-state index in [4.69, 9.17) is 4.74 Å². The largest absolute Gasteiger partial charge is 0.449 e. The van der Waals surface area contributed by atoms with Gasteiger partial charge in [-0.1, -0.05) is 48.5 Å². The van der Waals surface area contributed by atoms with Crippen LogP contribution in [-0.2, 0) is 10.9 Å². The van der Waals surface area contributed by atoms with Crippen molar-refractivity contribution in [1.82, 2.24) is 10.3 Å². The summed E-state index contributed by atoms with van der Waals surface area (Å²) in [6.07, 6.45) is -8.66. The molecule has 0 spiro atoms. The molecule has 1 aliphatic rings. The predicted molar refractivity (Wildman–Crippen MR) is 121 cm³/mol. The third-order valence-electron chi connectivity index (χ3n) is 6.00. The quantitative estimate of drug-likeness (QED) is 0.405. The molecule has 2 atom stereocenters. The number of aromatic amines is 1. The number of pyridine rings is 1. The summed E-state index contributed by atoms with van der Waals surface area (Å²) in [7, 11) is 0. The summed E-state index contributed by atoms with van der Waals surface area (Å²) >= 11 is 0. The maximum absolute atomic E-state index is 12.9. The van der Waals surface area contributed by atoms with Gasteiger partial charge < -0.3 is 25.3 Å². The van der Waals surface area contributed by atoms with E-state index in [1.54, 1.807) is 0 Å². The van der Waals surface area contributed by atoms with Crippen molar-refractivity contribution in [2.24, 2.45) is 0 Å². The Morgan fingerprint density at radius 1 is 1.06 bits per heavy atom. The van der Waals surface area contributed by atoms with Crippen LogP contribution in [0.25, 0.3) is 11.1 Å². The van der Waals surface area contributed by atoms with Gasteiger partial charge in [-0.05, 0) is 34.7 Å². The first kappa shape index (κ1) is 24.5. The Kier molecular flexibility index (Phi) is 6.95.